The number of anilines is 1. The second-order valence-corrected chi connectivity index (χ2v) is 6.33. The second kappa shape index (κ2) is 8.31. The number of nitrogens with zero attached hydrogens (tertiary/aromatic N) is 1. The summed E-state index contributed by atoms with van der Waals surface area (Å²) in [6, 6.07) is 13.5. The van der Waals surface area contributed by atoms with Gasteiger partial charge in [0, 0.05) is 10.9 Å². The number of para-hydroxylation sites is 1. The van der Waals surface area contributed by atoms with Gasteiger partial charge in [-0.05, 0) is 35.7 Å². The number of hydrogen-bond acceptors (Lipinski definition) is 6. The van der Waals surface area contributed by atoms with Gasteiger partial charge < -0.3 is 20.2 Å². The Balaban J connectivity index is 1.55. The zero-order chi connectivity index (χ0) is 19.2. The van der Waals surface area contributed by atoms with Gasteiger partial charge in [-0.25, -0.2) is 0 Å². The normalized spacial score (nSPS) is 11.4. The van der Waals surface area contributed by atoms with E-state index in [0.717, 1.165) is 5.56 Å². The highest BCUT2D eigenvalue weighted by atomic mass is 32.1. The first-order chi connectivity index (χ1) is 13.1. The topological polar surface area (TPSA) is 115 Å². The fourth-order valence-corrected chi connectivity index (χ4v) is 2.98. The molecule has 2 amide bonds. The molecule has 8 heteroatoms. The molecule has 2 heterocycles. The summed E-state index contributed by atoms with van der Waals surface area (Å²) >= 11 is 1.53. The number of rotatable bonds is 5. The van der Waals surface area contributed by atoms with Crippen LogP contribution in [-0.4, -0.2) is 23.5 Å². The first kappa shape index (κ1) is 18.4. The van der Waals surface area contributed by atoms with Crippen LogP contribution >= 0.6 is 11.3 Å². The van der Waals surface area contributed by atoms with Crippen LogP contribution in [0.1, 0.15) is 17.4 Å². The molecule has 2 aromatic heterocycles. The van der Waals surface area contributed by atoms with E-state index in [1.807, 2.05) is 22.9 Å². The summed E-state index contributed by atoms with van der Waals surface area (Å²) in [5.41, 5.74) is 1.39. The van der Waals surface area contributed by atoms with Crippen LogP contribution in [0.15, 0.2) is 57.6 Å². The van der Waals surface area contributed by atoms with Crippen molar-refractivity contribution in [1.82, 2.24) is 5.32 Å². The van der Waals surface area contributed by atoms with Crippen molar-refractivity contribution in [2.24, 2.45) is 0 Å². The number of furan rings is 1. The number of benzene rings is 1. The molecule has 3 N–H and O–H groups in total. The van der Waals surface area contributed by atoms with Crippen molar-refractivity contribution >= 4 is 28.8 Å². The number of aliphatic hydroxyl groups is 1. The van der Waals surface area contributed by atoms with E-state index in [4.69, 9.17) is 9.68 Å². The van der Waals surface area contributed by atoms with E-state index in [-0.39, 0.29) is 23.6 Å². The van der Waals surface area contributed by atoms with Crippen molar-refractivity contribution in [2.75, 3.05) is 11.9 Å². The van der Waals surface area contributed by atoms with Gasteiger partial charge in [0.1, 0.15) is 23.7 Å². The van der Waals surface area contributed by atoms with Gasteiger partial charge in [0.15, 0.2) is 0 Å². The van der Waals surface area contributed by atoms with Crippen LogP contribution in [-0.2, 0) is 9.59 Å². The standard InChI is InChI=1S/C19H15N3O4S/c20-9-12-3-1-2-4-14(12)22-19(25)18(24)21-10-15(23)17-6-5-16(26-17)13-7-8-27-11-13/h1-8,11,15,23H,10H2,(H,21,24)(H,22,25)/t15-/m1/s1. The van der Waals surface area contributed by atoms with Crippen LogP contribution in [0.5, 0.6) is 0 Å². The SMILES string of the molecule is N#Cc1ccccc1NC(=O)C(=O)NC[C@@H](O)c1ccc(-c2ccsc2)o1. The van der Waals surface area contributed by atoms with E-state index in [2.05, 4.69) is 10.6 Å². The Hall–Kier alpha value is -3.41. The van der Waals surface area contributed by atoms with Crippen molar-refractivity contribution in [3.05, 3.63) is 64.5 Å². The Morgan fingerprint density at radius 2 is 2.00 bits per heavy atom. The molecule has 0 aliphatic carbocycles. The number of nitrogens with one attached hydrogen (secondary N) is 2. The molecule has 0 unspecified atom stereocenters. The Morgan fingerprint density at radius 1 is 1.19 bits per heavy atom. The van der Waals surface area contributed by atoms with Gasteiger partial charge in [-0.15, -0.1) is 0 Å². The van der Waals surface area contributed by atoms with Gasteiger partial charge in [0.2, 0.25) is 0 Å². The van der Waals surface area contributed by atoms with E-state index in [1.54, 1.807) is 24.3 Å². The lowest BCUT2D eigenvalue weighted by Crippen LogP contribution is -2.37. The highest BCUT2D eigenvalue weighted by molar-refractivity contribution is 7.08. The molecule has 0 radical (unpaired) electrons. The number of carbonyl (C=O) groups excluding carboxylic acids is 2. The number of amides is 2. The van der Waals surface area contributed by atoms with Crippen LogP contribution < -0.4 is 10.6 Å². The number of aliphatic hydroxyl groups excluding tert-OH is 1. The van der Waals surface area contributed by atoms with E-state index < -0.39 is 17.9 Å². The van der Waals surface area contributed by atoms with Crippen molar-refractivity contribution in [1.29, 1.82) is 5.26 Å². The first-order valence-electron chi connectivity index (χ1n) is 7.97. The number of carbonyl (C=O) groups is 2. The third-order valence-electron chi connectivity index (χ3n) is 3.72. The minimum atomic E-state index is -1.10. The average molecular weight is 381 g/mol. The van der Waals surface area contributed by atoms with E-state index in [9.17, 15) is 14.7 Å². The average Bonchev–Trinajstić information content (AvgIpc) is 3.37. The zero-order valence-electron chi connectivity index (χ0n) is 14.0. The Kier molecular flexibility index (Phi) is 5.66. The third-order valence-corrected chi connectivity index (χ3v) is 4.40. The van der Waals surface area contributed by atoms with E-state index in [1.165, 1.54) is 23.5 Å². The molecule has 27 heavy (non-hydrogen) atoms. The predicted molar refractivity (Wildman–Crippen MR) is 99.8 cm³/mol. The maximum absolute atomic E-state index is 12.0. The molecule has 1 aromatic carbocycles. The van der Waals surface area contributed by atoms with E-state index >= 15 is 0 Å². The van der Waals surface area contributed by atoms with Crippen LogP contribution in [0.25, 0.3) is 11.3 Å². The summed E-state index contributed by atoms with van der Waals surface area (Å²) in [6.07, 6.45) is -1.10. The summed E-state index contributed by atoms with van der Waals surface area (Å²) in [4.78, 5) is 23.9. The molecule has 0 bridgehead atoms. The molecule has 136 valence electrons. The lowest BCUT2D eigenvalue weighted by atomic mass is 10.2. The molecule has 0 saturated carbocycles. The second-order valence-electron chi connectivity index (χ2n) is 5.55. The molecule has 3 rings (SSSR count). The highest BCUT2D eigenvalue weighted by Gasteiger charge is 2.19. The first-order valence-corrected chi connectivity index (χ1v) is 8.91. The third kappa shape index (κ3) is 4.41. The van der Waals surface area contributed by atoms with E-state index in [0.29, 0.717) is 5.76 Å². The van der Waals surface area contributed by atoms with Crippen molar-refractivity contribution in [3.63, 3.8) is 0 Å². The summed E-state index contributed by atoms with van der Waals surface area (Å²) in [5, 5.41) is 27.7. The Labute approximate surface area is 158 Å². The lowest BCUT2D eigenvalue weighted by molar-refractivity contribution is -0.136. The molecule has 0 aliphatic heterocycles. The zero-order valence-corrected chi connectivity index (χ0v) is 14.8. The Bertz CT molecular complexity index is 989. The molecular formula is C19H15N3O4S. The smallest absolute Gasteiger partial charge is 0.313 e. The van der Waals surface area contributed by atoms with Gasteiger partial charge in [0.05, 0.1) is 17.8 Å². The fraction of sp³-hybridized carbons (Fsp3) is 0.105. The quantitative estimate of drug-likeness (QED) is 0.588. The summed E-state index contributed by atoms with van der Waals surface area (Å²) in [6.45, 7) is -0.192. The molecule has 0 fully saturated rings. The summed E-state index contributed by atoms with van der Waals surface area (Å²) < 4.78 is 5.58. The number of nitriles is 1. The minimum absolute atomic E-state index is 0.192. The largest absolute Gasteiger partial charge is 0.458 e. The number of thiophene rings is 1. The molecule has 0 saturated heterocycles. The van der Waals surface area contributed by atoms with Crippen LogP contribution in [0.2, 0.25) is 0 Å². The van der Waals surface area contributed by atoms with Gasteiger partial charge >= 0.3 is 11.8 Å². The van der Waals surface area contributed by atoms with Crippen LogP contribution in [0.4, 0.5) is 5.69 Å². The minimum Gasteiger partial charge on any atom is -0.458 e. The van der Waals surface area contributed by atoms with Crippen LogP contribution in [0, 0.1) is 11.3 Å². The van der Waals surface area contributed by atoms with Crippen molar-refractivity contribution < 1.29 is 19.1 Å². The molecule has 0 spiro atoms. The predicted octanol–water partition coefficient (Wildman–Crippen LogP) is 2.67. The Morgan fingerprint density at radius 3 is 2.74 bits per heavy atom. The molecule has 1 atom stereocenters. The summed E-state index contributed by atoms with van der Waals surface area (Å²) in [7, 11) is 0. The highest BCUT2D eigenvalue weighted by Crippen LogP contribution is 2.26. The lowest BCUT2D eigenvalue weighted by Gasteiger charge is -2.10. The van der Waals surface area contributed by atoms with Crippen LogP contribution in [0.3, 0.4) is 0 Å². The molecular weight excluding hydrogens is 366 g/mol. The van der Waals surface area contributed by atoms with Gasteiger partial charge in [-0.1, -0.05) is 12.1 Å². The molecule has 0 aliphatic rings. The maximum atomic E-state index is 12.0. The van der Waals surface area contributed by atoms with Crippen molar-refractivity contribution in [3.8, 4) is 17.4 Å². The molecule has 3 aromatic rings. The van der Waals surface area contributed by atoms with Crippen molar-refractivity contribution in [2.45, 2.75) is 6.10 Å². The number of hydrogen-bond donors (Lipinski definition) is 3. The van der Waals surface area contributed by atoms with Gasteiger partial charge in [-0.3, -0.25) is 9.59 Å². The monoisotopic (exact) mass is 381 g/mol. The summed E-state index contributed by atoms with van der Waals surface area (Å²) in [5.74, 6) is -0.955. The van der Waals surface area contributed by atoms with Gasteiger partial charge in [-0.2, -0.15) is 16.6 Å². The molecule has 7 nitrogen and oxygen atoms in total. The maximum Gasteiger partial charge on any atom is 0.313 e. The fourth-order valence-electron chi connectivity index (χ4n) is 2.33. The van der Waals surface area contributed by atoms with Gasteiger partial charge in [0.25, 0.3) is 0 Å².